The van der Waals surface area contributed by atoms with Gasteiger partial charge in [0.15, 0.2) is 16.8 Å². The molecule has 0 N–H and O–H groups in total. The molecule has 4 aromatic rings. The molecule has 6 nitrogen and oxygen atoms in total. The van der Waals surface area contributed by atoms with Crippen molar-refractivity contribution in [2.45, 2.75) is 31.3 Å². The van der Waals surface area contributed by atoms with Crippen LogP contribution in [0.1, 0.15) is 41.3 Å². The summed E-state index contributed by atoms with van der Waals surface area (Å²) < 4.78 is 7.60. The molecule has 0 saturated heterocycles. The van der Waals surface area contributed by atoms with Gasteiger partial charge in [0, 0.05) is 29.9 Å². The average Bonchev–Trinajstić information content (AvgIpc) is 3.49. The van der Waals surface area contributed by atoms with Crippen molar-refractivity contribution in [2.75, 3.05) is 12.4 Å². The van der Waals surface area contributed by atoms with Crippen LogP contribution >= 0.6 is 11.8 Å². The minimum Gasteiger partial charge on any atom is -0.493 e. The maximum atomic E-state index is 13.0. The first-order chi connectivity index (χ1) is 16.1. The topological polar surface area (TPSA) is 69.9 Å². The van der Waals surface area contributed by atoms with Crippen LogP contribution in [0.5, 0.6) is 5.75 Å². The van der Waals surface area contributed by atoms with E-state index in [9.17, 15) is 4.79 Å². The highest BCUT2D eigenvalue weighted by Crippen LogP contribution is 2.32. The Kier molecular flexibility index (Phi) is 5.96. The van der Waals surface area contributed by atoms with Crippen molar-refractivity contribution < 1.29 is 9.53 Å². The minimum absolute atomic E-state index is 0.0596. The zero-order valence-corrected chi connectivity index (χ0v) is 19.4. The van der Waals surface area contributed by atoms with Gasteiger partial charge in [-0.2, -0.15) is 0 Å². The number of ether oxygens (including phenoxy) is 1. The molecule has 7 heteroatoms. The molecule has 0 aliphatic carbocycles. The largest absolute Gasteiger partial charge is 0.493 e. The summed E-state index contributed by atoms with van der Waals surface area (Å²) in [5.41, 5.74) is 4.88. The summed E-state index contributed by atoms with van der Waals surface area (Å²) in [6.45, 7) is 5.01. The zero-order valence-electron chi connectivity index (χ0n) is 18.6. The number of carbonyl (C=O) groups is 1. The number of aromatic nitrogens is 4. The van der Waals surface area contributed by atoms with Crippen molar-refractivity contribution in [2.24, 2.45) is 0 Å². The van der Waals surface area contributed by atoms with E-state index in [0.717, 1.165) is 29.0 Å². The predicted molar refractivity (Wildman–Crippen MR) is 129 cm³/mol. The predicted octanol–water partition coefficient (Wildman–Crippen LogP) is 5.36. The normalized spacial score (nSPS) is 12.6. The number of Topliss-reactive ketones (excluding diaryl/α,β-unsaturated/α-hetero) is 1. The Morgan fingerprint density at radius 1 is 1.12 bits per heavy atom. The monoisotopic (exact) mass is 456 g/mol. The lowest BCUT2D eigenvalue weighted by atomic mass is 10.0. The van der Waals surface area contributed by atoms with E-state index in [0.29, 0.717) is 29.1 Å². The lowest BCUT2D eigenvalue weighted by Gasteiger charge is -2.16. The van der Waals surface area contributed by atoms with Gasteiger partial charge in [-0.1, -0.05) is 43.8 Å². The van der Waals surface area contributed by atoms with Crippen LogP contribution < -0.4 is 4.74 Å². The van der Waals surface area contributed by atoms with E-state index in [2.05, 4.69) is 41.2 Å². The van der Waals surface area contributed by atoms with Gasteiger partial charge in [-0.3, -0.25) is 14.3 Å². The molecule has 2 aromatic heterocycles. The Morgan fingerprint density at radius 3 is 2.82 bits per heavy atom. The summed E-state index contributed by atoms with van der Waals surface area (Å²) in [7, 11) is 0. The molecule has 0 atom stereocenters. The summed E-state index contributed by atoms with van der Waals surface area (Å²) in [5.74, 6) is 2.24. The van der Waals surface area contributed by atoms with Gasteiger partial charge < -0.3 is 4.74 Å². The molecule has 0 spiro atoms. The first kappa shape index (κ1) is 21.4. The Bertz CT molecular complexity index is 1300. The molecule has 1 aliphatic rings. The van der Waals surface area contributed by atoms with Gasteiger partial charge in [-0.05, 0) is 53.4 Å². The molecule has 166 valence electrons. The van der Waals surface area contributed by atoms with Gasteiger partial charge in [0.05, 0.1) is 18.0 Å². The lowest BCUT2D eigenvalue weighted by molar-refractivity contribution is 0.102. The van der Waals surface area contributed by atoms with Crippen molar-refractivity contribution >= 4 is 17.5 Å². The fourth-order valence-electron chi connectivity index (χ4n) is 4.02. The molecule has 33 heavy (non-hydrogen) atoms. The van der Waals surface area contributed by atoms with Crippen LogP contribution in [0.25, 0.3) is 17.1 Å². The standard InChI is InChI=1S/C26H24N4O2S/c1-17(2)21-7-3-4-8-22(21)30-25(20-6-5-12-27-15-20)28-29-26(30)33-16-23(31)18-9-10-24-19(14-18)11-13-32-24/h3-10,12,14-15,17H,11,13,16H2,1-2H3. The number of benzene rings is 2. The third-order valence-electron chi connectivity index (χ3n) is 5.70. The molecule has 0 fully saturated rings. The maximum Gasteiger partial charge on any atom is 0.196 e. The minimum atomic E-state index is 0.0596. The fraction of sp³-hybridized carbons (Fsp3) is 0.231. The van der Waals surface area contributed by atoms with Crippen molar-refractivity contribution in [3.05, 3.63) is 83.7 Å². The molecule has 0 radical (unpaired) electrons. The molecule has 3 heterocycles. The zero-order chi connectivity index (χ0) is 22.8. The molecule has 0 unspecified atom stereocenters. The Balaban J connectivity index is 1.49. The van der Waals surface area contributed by atoms with Gasteiger partial charge in [0.25, 0.3) is 0 Å². The smallest absolute Gasteiger partial charge is 0.196 e. The molecule has 5 rings (SSSR count). The van der Waals surface area contributed by atoms with Crippen molar-refractivity contribution in [1.82, 2.24) is 19.7 Å². The molecule has 2 aromatic carbocycles. The van der Waals surface area contributed by atoms with E-state index >= 15 is 0 Å². The summed E-state index contributed by atoms with van der Waals surface area (Å²) in [5, 5.41) is 9.63. The number of carbonyl (C=O) groups excluding carboxylic acids is 1. The summed E-state index contributed by atoms with van der Waals surface area (Å²) >= 11 is 1.40. The number of para-hydroxylation sites is 1. The fourth-order valence-corrected chi connectivity index (χ4v) is 4.85. The number of fused-ring (bicyclic) bond motifs is 1. The Hall–Kier alpha value is -3.45. The molecular formula is C26H24N4O2S. The van der Waals surface area contributed by atoms with Crippen LogP contribution in [-0.4, -0.2) is 37.9 Å². The molecule has 0 saturated carbocycles. The number of thioether (sulfide) groups is 1. The first-order valence-corrected chi connectivity index (χ1v) is 12.0. The van der Waals surface area contributed by atoms with Gasteiger partial charge in [-0.25, -0.2) is 0 Å². The third kappa shape index (κ3) is 4.28. The highest BCUT2D eigenvalue weighted by atomic mass is 32.2. The van der Waals surface area contributed by atoms with E-state index < -0.39 is 0 Å². The van der Waals surface area contributed by atoms with E-state index in [-0.39, 0.29) is 11.5 Å². The number of pyridine rings is 1. The summed E-state index contributed by atoms with van der Waals surface area (Å²) in [4.78, 5) is 17.2. The van der Waals surface area contributed by atoms with Crippen molar-refractivity contribution in [3.8, 4) is 22.8 Å². The molecule has 0 bridgehead atoms. The van der Waals surface area contributed by atoms with Gasteiger partial charge in [0.1, 0.15) is 5.75 Å². The van der Waals surface area contributed by atoms with Crippen LogP contribution in [0.15, 0.2) is 72.1 Å². The number of hydrogen-bond acceptors (Lipinski definition) is 6. The van der Waals surface area contributed by atoms with E-state index in [4.69, 9.17) is 4.74 Å². The van der Waals surface area contributed by atoms with Crippen molar-refractivity contribution in [3.63, 3.8) is 0 Å². The highest BCUT2D eigenvalue weighted by molar-refractivity contribution is 7.99. The SMILES string of the molecule is CC(C)c1ccccc1-n1c(SCC(=O)c2ccc3c(c2)CCO3)nnc1-c1cccnc1. The maximum absolute atomic E-state index is 13.0. The van der Waals surface area contributed by atoms with E-state index in [1.165, 1.54) is 17.3 Å². The molecule has 0 amide bonds. The average molecular weight is 457 g/mol. The first-order valence-electron chi connectivity index (χ1n) is 11.0. The van der Waals surface area contributed by atoms with Crippen molar-refractivity contribution in [1.29, 1.82) is 0 Å². The molecular weight excluding hydrogens is 432 g/mol. The molecule has 1 aliphatic heterocycles. The van der Waals surface area contributed by atoms with Gasteiger partial charge in [-0.15, -0.1) is 10.2 Å². The van der Waals surface area contributed by atoms with Crippen LogP contribution in [0.2, 0.25) is 0 Å². The second kappa shape index (κ2) is 9.19. The summed E-state index contributed by atoms with van der Waals surface area (Å²) in [6, 6.07) is 17.8. The van der Waals surface area contributed by atoms with Gasteiger partial charge >= 0.3 is 0 Å². The van der Waals surface area contributed by atoms with Crippen LogP contribution in [-0.2, 0) is 6.42 Å². The Morgan fingerprint density at radius 2 is 2.00 bits per heavy atom. The quantitative estimate of drug-likeness (QED) is 0.275. The second-order valence-electron chi connectivity index (χ2n) is 8.23. The van der Waals surface area contributed by atoms with Gasteiger partial charge in [0.2, 0.25) is 0 Å². The number of ketones is 1. The number of nitrogens with zero attached hydrogens (tertiary/aromatic N) is 4. The summed E-state index contributed by atoms with van der Waals surface area (Å²) in [6.07, 6.45) is 4.37. The third-order valence-corrected chi connectivity index (χ3v) is 6.63. The van der Waals surface area contributed by atoms with Crippen LogP contribution in [0.3, 0.4) is 0 Å². The highest BCUT2D eigenvalue weighted by Gasteiger charge is 2.21. The van der Waals surface area contributed by atoms with Crippen LogP contribution in [0.4, 0.5) is 0 Å². The number of hydrogen-bond donors (Lipinski definition) is 0. The number of rotatable bonds is 7. The van der Waals surface area contributed by atoms with Crippen LogP contribution in [0, 0.1) is 0 Å². The van der Waals surface area contributed by atoms with E-state index in [1.807, 2.05) is 47.0 Å². The second-order valence-corrected chi connectivity index (χ2v) is 9.17. The lowest BCUT2D eigenvalue weighted by Crippen LogP contribution is -2.07. The Labute approximate surface area is 197 Å². The van der Waals surface area contributed by atoms with E-state index in [1.54, 1.807) is 12.4 Å².